The number of aliphatic imine (C=N–C) groups is 1. The standard InChI is InChI=1S/C12H18N2S2/c1-3-10-4-5-11(16-10)7-14-12-13-6-9(2)8-15-12/h4-5,9H,3,6-8H2,1-2H3,(H,13,14). The van der Waals surface area contributed by atoms with Crippen LogP contribution in [-0.2, 0) is 13.0 Å². The van der Waals surface area contributed by atoms with E-state index in [2.05, 4.69) is 36.3 Å². The molecule has 2 rings (SSSR count). The summed E-state index contributed by atoms with van der Waals surface area (Å²) in [5.41, 5.74) is 0. The summed E-state index contributed by atoms with van der Waals surface area (Å²) in [5.74, 6) is 1.92. The van der Waals surface area contributed by atoms with E-state index in [1.54, 1.807) is 0 Å². The highest BCUT2D eigenvalue weighted by Crippen LogP contribution is 2.19. The normalized spacial score (nSPS) is 20.6. The molecule has 1 aliphatic heterocycles. The largest absolute Gasteiger partial charge is 0.360 e. The second-order valence-corrected chi connectivity index (χ2v) is 6.40. The molecule has 1 N–H and O–H groups in total. The van der Waals surface area contributed by atoms with Crippen molar-refractivity contribution in [2.24, 2.45) is 10.9 Å². The average molecular weight is 254 g/mol. The Bertz CT molecular complexity index is 371. The second-order valence-electron chi connectivity index (χ2n) is 4.14. The minimum Gasteiger partial charge on any atom is -0.360 e. The van der Waals surface area contributed by atoms with Crippen LogP contribution < -0.4 is 5.32 Å². The summed E-state index contributed by atoms with van der Waals surface area (Å²) in [6.45, 7) is 6.34. The van der Waals surface area contributed by atoms with Crippen LogP contribution in [0, 0.1) is 5.92 Å². The third-order valence-corrected chi connectivity index (χ3v) is 5.04. The highest BCUT2D eigenvalue weighted by atomic mass is 32.2. The fourth-order valence-corrected chi connectivity index (χ4v) is 3.32. The SMILES string of the molecule is CCc1ccc(CNC2=NCC(C)CS2)s1. The Morgan fingerprint density at radius 2 is 2.25 bits per heavy atom. The first kappa shape index (κ1) is 12.0. The monoisotopic (exact) mass is 254 g/mol. The van der Waals surface area contributed by atoms with E-state index in [4.69, 9.17) is 0 Å². The highest BCUT2D eigenvalue weighted by molar-refractivity contribution is 8.13. The molecule has 0 saturated carbocycles. The van der Waals surface area contributed by atoms with Gasteiger partial charge in [-0.3, -0.25) is 4.99 Å². The minimum atomic E-state index is 0.726. The predicted octanol–water partition coefficient (Wildman–Crippen LogP) is 3.14. The van der Waals surface area contributed by atoms with Gasteiger partial charge in [0.2, 0.25) is 0 Å². The number of nitrogens with zero attached hydrogens (tertiary/aromatic N) is 1. The lowest BCUT2D eigenvalue weighted by Crippen LogP contribution is -2.25. The first-order valence-electron chi connectivity index (χ1n) is 5.76. The molecule has 0 amide bonds. The van der Waals surface area contributed by atoms with Crippen molar-refractivity contribution in [1.29, 1.82) is 0 Å². The predicted molar refractivity (Wildman–Crippen MR) is 74.5 cm³/mol. The van der Waals surface area contributed by atoms with Crippen molar-refractivity contribution in [3.63, 3.8) is 0 Å². The lowest BCUT2D eigenvalue weighted by molar-refractivity contribution is 0.669. The number of thiophene rings is 1. The van der Waals surface area contributed by atoms with E-state index in [0.29, 0.717) is 0 Å². The van der Waals surface area contributed by atoms with Crippen LogP contribution in [0.25, 0.3) is 0 Å². The smallest absolute Gasteiger partial charge is 0.156 e. The number of hydrogen-bond donors (Lipinski definition) is 1. The fourth-order valence-electron chi connectivity index (χ4n) is 1.54. The second kappa shape index (κ2) is 5.73. The molecule has 1 aliphatic rings. The van der Waals surface area contributed by atoms with Crippen LogP contribution in [0.15, 0.2) is 17.1 Å². The first-order valence-corrected chi connectivity index (χ1v) is 7.57. The zero-order valence-electron chi connectivity index (χ0n) is 9.82. The van der Waals surface area contributed by atoms with Crippen LogP contribution in [0.2, 0.25) is 0 Å². The summed E-state index contributed by atoms with van der Waals surface area (Å²) in [6.07, 6.45) is 1.14. The summed E-state index contributed by atoms with van der Waals surface area (Å²) in [4.78, 5) is 7.39. The molecule has 2 heterocycles. The highest BCUT2D eigenvalue weighted by Gasteiger charge is 2.11. The molecular formula is C12H18N2S2. The minimum absolute atomic E-state index is 0.726. The van der Waals surface area contributed by atoms with Crippen molar-refractivity contribution in [2.45, 2.75) is 26.8 Å². The van der Waals surface area contributed by atoms with Crippen molar-refractivity contribution in [3.8, 4) is 0 Å². The molecule has 0 radical (unpaired) electrons. The van der Waals surface area contributed by atoms with Crippen molar-refractivity contribution in [2.75, 3.05) is 12.3 Å². The molecule has 1 aromatic rings. The number of aryl methyl sites for hydroxylation is 1. The number of amidine groups is 1. The lowest BCUT2D eigenvalue weighted by Gasteiger charge is -2.17. The molecule has 1 atom stereocenters. The van der Waals surface area contributed by atoms with Crippen molar-refractivity contribution in [1.82, 2.24) is 5.32 Å². The molecule has 16 heavy (non-hydrogen) atoms. The van der Waals surface area contributed by atoms with Crippen LogP contribution in [0.1, 0.15) is 23.6 Å². The molecular weight excluding hydrogens is 236 g/mol. The van der Waals surface area contributed by atoms with Crippen LogP contribution in [-0.4, -0.2) is 17.5 Å². The van der Waals surface area contributed by atoms with Gasteiger partial charge in [0.15, 0.2) is 5.17 Å². The molecule has 0 aliphatic carbocycles. The average Bonchev–Trinajstić information content (AvgIpc) is 2.76. The third-order valence-electron chi connectivity index (χ3n) is 2.53. The van der Waals surface area contributed by atoms with E-state index in [-0.39, 0.29) is 0 Å². The van der Waals surface area contributed by atoms with Gasteiger partial charge in [-0.1, -0.05) is 25.6 Å². The Balaban J connectivity index is 1.83. The van der Waals surface area contributed by atoms with Gasteiger partial charge >= 0.3 is 0 Å². The van der Waals surface area contributed by atoms with Gasteiger partial charge in [0.05, 0.1) is 6.54 Å². The van der Waals surface area contributed by atoms with Crippen LogP contribution in [0.4, 0.5) is 0 Å². The van der Waals surface area contributed by atoms with Gasteiger partial charge in [-0.2, -0.15) is 0 Å². The maximum Gasteiger partial charge on any atom is 0.156 e. The molecule has 4 heteroatoms. The first-order chi connectivity index (χ1) is 7.78. The Hall–Kier alpha value is -0.480. The van der Waals surface area contributed by atoms with E-state index >= 15 is 0 Å². The van der Waals surface area contributed by atoms with Crippen LogP contribution in [0.5, 0.6) is 0 Å². The Morgan fingerprint density at radius 3 is 2.88 bits per heavy atom. The topological polar surface area (TPSA) is 24.4 Å². The molecule has 1 unspecified atom stereocenters. The summed E-state index contributed by atoms with van der Waals surface area (Å²) >= 11 is 3.74. The van der Waals surface area contributed by atoms with Gasteiger partial charge in [0, 0.05) is 22.1 Å². The number of nitrogens with one attached hydrogen (secondary N) is 1. The van der Waals surface area contributed by atoms with Gasteiger partial charge in [0.25, 0.3) is 0 Å². The van der Waals surface area contributed by atoms with E-state index in [1.807, 2.05) is 23.1 Å². The summed E-state index contributed by atoms with van der Waals surface area (Å²) in [5, 5.41) is 4.53. The van der Waals surface area contributed by atoms with Gasteiger partial charge in [-0.25, -0.2) is 0 Å². The molecule has 0 spiro atoms. The maximum absolute atomic E-state index is 4.53. The van der Waals surface area contributed by atoms with Gasteiger partial charge in [0.1, 0.15) is 0 Å². The number of hydrogen-bond acceptors (Lipinski definition) is 4. The lowest BCUT2D eigenvalue weighted by atomic mass is 10.2. The zero-order chi connectivity index (χ0) is 11.4. The molecule has 0 fully saturated rings. The molecule has 0 saturated heterocycles. The Morgan fingerprint density at radius 1 is 1.44 bits per heavy atom. The molecule has 0 aromatic carbocycles. The number of thioether (sulfide) groups is 1. The fraction of sp³-hybridized carbons (Fsp3) is 0.583. The van der Waals surface area contributed by atoms with Crippen LogP contribution in [0.3, 0.4) is 0 Å². The molecule has 0 bridgehead atoms. The summed E-state index contributed by atoms with van der Waals surface area (Å²) in [7, 11) is 0. The van der Waals surface area contributed by atoms with E-state index < -0.39 is 0 Å². The summed E-state index contributed by atoms with van der Waals surface area (Å²) < 4.78 is 0. The zero-order valence-corrected chi connectivity index (χ0v) is 11.5. The Labute approximate surface area is 106 Å². The van der Waals surface area contributed by atoms with Gasteiger partial charge in [-0.15, -0.1) is 11.3 Å². The number of rotatable bonds is 3. The summed E-state index contributed by atoms with van der Waals surface area (Å²) in [6, 6.07) is 4.44. The van der Waals surface area contributed by atoms with Crippen molar-refractivity contribution >= 4 is 28.3 Å². The van der Waals surface area contributed by atoms with Gasteiger partial charge < -0.3 is 5.32 Å². The molecule has 2 nitrogen and oxygen atoms in total. The quantitative estimate of drug-likeness (QED) is 0.896. The van der Waals surface area contributed by atoms with Crippen LogP contribution >= 0.6 is 23.1 Å². The van der Waals surface area contributed by atoms with Gasteiger partial charge in [-0.05, 0) is 24.5 Å². The Kier molecular flexibility index (Phi) is 4.29. The third kappa shape index (κ3) is 3.25. The molecule has 1 aromatic heterocycles. The van der Waals surface area contributed by atoms with E-state index in [0.717, 1.165) is 30.6 Å². The molecule has 88 valence electrons. The van der Waals surface area contributed by atoms with Crippen molar-refractivity contribution in [3.05, 3.63) is 21.9 Å². The van der Waals surface area contributed by atoms with Crippen molar-refractivity contribution < 1.29 is 0 Å². The maximum atomic E-state index is 4.53. The van der Waals surface area contributed by atoms with E-state index in [1.165, 1.54) is 15.5 Å². The van der Waals surface area contributed by atoms with E-state index in [9.17, 15) is 0 Å².